The topological polar surface area (TPSA) is 12.0 Å². The predicted molar refractivity (Wildman–Crippen MR) is 90.8 cm³/mol. The summed E-state index contributed by atoms with van der Waals surface area (Å²) in [5.41, 5.74) is 1.61. The SMILES string of the molecule is CSC1CCCC1NC1CCCc2sc(I)cc21. The van der Waals surface area contributed by atoms with Crippen molar-refractivity contribution in [3.05, 3.63) is 19.4 Å². The van der Waals surface area contributed by atoms with Crippen LogP contribution in [-0.2, 0) is 6.42 Å². The van der Waals surface area contributed by atoms with Crippen molar-refractivity contribution in [1.82, 2.24) is 5.32 Å². The van der Waals surface area contributed by atoms with E-state index in [4.69, 9.17) is 0 Å². The highest BCUT2D eigenvalue weighted by Crippen LogP contribution is 2.38. The highest BCUT2D eigenvalue weighted by Gasteiger charge is 2.31. The first kappa shape index (κ1) is 13.7. The fourth-order valence-electron chi connectivity index (χ4n) is 3.35. The fraction of sp³-hybridized carbons (Fsp3) is 0.714. The van der Waals surface area contributed by atoms with Crippen molar-refractivity contribution < 1.29 is 0 Å². The normalized spacial score (nSPS) is 31.6. The van der Waals surface area contributed by atoms with Crippen molar-refractivity contribution in [1.29, 1.82) is 0 Å². The van der Waals surface area contributed by atoms with Gasteiger partial charge in [-0.05, 0) is 72.6 Å². The Morgan fingerprint density at radius 2 is 2.22 bits per heavy atom. The number of aryl methyl sites for hydroxylation is 1. The number of hydrogen-bond acceptors (Lipinski definition) is 3. The van der Waals surface area contributed by atoms with Gasteiger partial charge in [-0.3, -0.25) is 0 Å². The van der Waals surface area contributed by atoms with E-state index in [0.717, 1.165) is 11.3 Å². The second-order valence-electron chi connectivity index (χ2n) is 5.35. The van der Waals surface area contributed by atoms with Crippen molar-refractivity contribution in [3.8, 4) is 0 Å². The molecule has 1 aromatic heterocycles. The van der Waals surface area contributed by atoms with Gasteiger partial charge < -0.3 is 5.32 Å². The third kappa shape index (κ3) is 2.76. The average molecular weight is 393 g/mol. The molecular formula is C14H20INS2. The minimum absolute atomic E-state index is 0.631. The number of hydrogen-bond donors (Lipinski definition) is 1. The lowest BCUT2D eigenvalue weighted by atomic mass is 9.93. The molecule has 3 atom stereocenters. The molecule has 0 spiro atoms. The molecule has 1 N–H and O–H groups in total. The van der Waals surface area contributed by atoms with Crippen molar-refractivity contribution >= 4 is 45.7 Å². The number of thioether (sulfide) groups is 1. The molecule has 1 nitrogen and oxygen atoms in total. The Balaban J connectivity index is 1.74. The van der Waals surface area contributed by atoms with Gasteiger partial charge in [0.05, 0.1) is 2.88 Å². The van der Waals surface area contributed by atoms with Gasteiger partial charge in [0.15, 0.2) is 0 Å². The van der Waals surface area contributed by atoms with Gasteiger partial charge in [0.25, 0.3) is 0 Å². The van der Waals surface area contributed by atoms with Crippen LogP contribution in [0.4, 0.5) is 0 Å². The lowest BCUT2D eigenvalue weighted by Gasteiger charge is -2.29. The van der Waals surface area contributed by atoms with E-state index in [1.165, 1.54) is 41.4 Å². The maximum atomic E-state index is 3.97. The van der Waals surface area contributed by atoms with Crippen LogP contribution in [0.2, 0.25) is 0 Å². The quantitative estimate of drug-likeness (QED) is 0.754. The van der Waals surface area contributed by atoms with Crippen molar-refractivity contribution in [2.24, 2.45) is 0 Å². The van der Waals surface area contributed by atoms with Gasteiger partial charge in [0, 0.05) is 22.2 Å². The van der Waals surface area contributed by atoms with E-state index in [-0.39, 0.29) is 0 Å². The predicted octanol–water partition coefficient (Wildman–Crippen LogP) is 4.60. The molecule has 4 heteroatoms. The summed E-state index contributed by atoms with van der Waals surface area (Å²) in [6.07, 6.45) is 10.4. The summed E-state index contributed by atoms with van der Waals surface area (Å²) in [5, 5.41) is 4.81. The molecular weight excluding hydrogens is 373 g/mol. The molecule has 0 aromatic carbocycles. The van der Waals surface area contributed by atoms with Crippen LogP contribution >= 0.6 is 45.7 Å². The maximum Gasteiger partial charge on any atom is 0.0659 e. The van der Waals surface area contributed by atoms with Crippen LogP contribution in [0, 0.1) is 2.88 Å². The first-order chi connectivity index (χ1) is 8.78. The zero-order valence-corrected chi connectivity index (χ0v) is 14.5. The van der Waals surface area contributed by atoms with E-state index < -0.39 is 0 Å². The molecule has 18 heavy (non-hydrogen) atoms. The van der Waals surface area contributed by atoms with Crippen molar-refractivity contribution in [2.45, 2.75) is 55.9 Å². The summed E-state index contributed by atoms with van der Waals surface area (Å²) >= 11 is 6.53. The zero-order chi connectivity index (χ0) is 12.5. The highest BCUT2D eigenvalue weighted by atomic mass is 127. The first-order valence-corrected chi connectivity index (χ1v) is 10.0. The van der Waals surface area contributed by atoms with Crippen LogP contribution in [-0.4, -0.2) is 17.5 Å². The molecule has 1 saturated carbocycles. The lowest BCUT2D eigenvalue weighted by Crippen LogP contribution is -2.38. The van der Waals surface area contributed by atoms with Crippen LogP contribution in [0.25, 0.3) is 0 Å². The van der Waals surface area contributed by atoms with Crippen LogP contribution in [0.3, 0.4) is 0 Å². The summed E-state index contributed by atoms with van der Waals surface area (Å²) in [7, 11) is 0. The van der Waals surface area contributed by atoms with Gasteiger partial charge in [-0.1, -0.05) is 6.42 Å². The van der Waals surface area contributed by atoms with E-state index in [9.17, 15) is 0 Å². The average Bonchev–Trinajstić information content (AvgIpc) is 2.94. The summed E-state index contributed by atoms with van der Waals surface area (Å²) in [6, 6.07) is 3.79. The Labute approximate surface area is 132 Å². The van der Waals surface area contributed by atoms with Gasteiger partial charge in [0.2, 0.25) is 0 Å². The monoisotopic (exact) mass is 393 g/mol. The molecule has 1 heterocycles. The van der Waals surface area contributed by atoms with Crippen LogP contribution < -0.4 is 5.32 Å². The Bertz CT molecular complexity index is 418. The number of rotatable bonds is 3. The van der Waals surface area contributed by atoms with E-state index in [2.05, 4.69) is 52.0 Å². The van der Waals surface area contributed by atoms with Crippen LogP contribution in [0.5, 0.6) is 0 Å². The van der Waals surface area contributed by atoms with E-state index in [1.54, 1.807) is 10.4 Å². The van der Waals surface area contributed by atoms with E-state index >= 15 is 0 Å². The molecule has 1 aromatic rings. The molecule has 0 aliphatic heterocycles. The number of nitrogens with one attached hydrogen (secondary N) is 1. The smallest absolute Gasteiger partial charge is 0.0659 e. The molecule has 0 amide bonds. The van der Waals surface area contributed by atoms with Gasteiger partial charge in [-0.25, -0.2) is 0 Å². The Kier molecular flexibility index (Phi) is 4.58. The number of fused-ring (bicyclic) bond motifs is 1. The third-order valence-corrected chi connectivity index (χ3v) is 7.40. The second-order valence-corrected chi connectivity index (χ2v) is 9.46. The molecule has 3 unspecified atom stereocenters. The maximum absolute atomic E-state index is 3.97. The van der Waals surface area contributed by atoms with Gasteiger partial charge >= 0.3 is 0 Å². The fourth-order valence-corrected chi connectivity index (χ4v) is 6.42. The minimum Gasteiger partial charge on any atom is -0.306 e. The summed E-state index contributed by atoms with van der Waals surface area (Å²) < 4.78 is 1.46. The molecule has 100 valence electrons. The Hall–Kier alpha value is 0.740. The molecule has 3 rings (SSSR count). The van der Waals surface area contributed by atoms with E-state index in [1.807, 2.05) is 11.3 Å². The molecule has 2 aliphatic carbocycles. The summed E-state index contributed by atoms with van der Waals surface area (Å²) in [5.74, 6) is 0. The number of halogens is 1. The first-order valence-electron chi connectivity index (χ1n) is 6.85. The van der Waals surface area contributed by atoms with Gasteiger partial charge in [-0.15, -0.1) is 11.3 Å². The zero-order valence-electron chi connectivity index (χ0n) is 10.7. The lowest BCUT2D eigenvalue weighted by molar-refractivity contribution is 0.403. The third-order valence-electron chi connectivity index (χ3n) is 4.25. The highest BCUT2D eigenvalue weighted by molar-refractivity contribution is 14.1. The largest absolute Gasteiger partial charge is 0.306 e. The molecule has 0 bridgehead atoms. The molecule has 0 saturated heterocycles. The Morgan fingerprint density at radius 1 is 1.33 bits per heavy atom. The second kappa shape index (κ2) is 6.02. The van der Waals surface area contributed by atoms with Crippen molar-refractivity contribution in [3.63, 3.8) is 0 Å². The summed E-state index contributed by atoms with van der Waals surface area (Å²) in [4.78, 5) is 1.64. The van der Waals surface area contributed by atoms with E-state index in [0.29, 0.717) is 6.04 Å². The molecule has 2 aliphatic rings. The minimum atomic E-state index is 0.631. The molecule has 0 radical (unpaired) electrons. The Morgan fingerprint density at radius 3 is 3.06 bits per heavy atom. The van der Waals surface area contributed by atoms with Gasteiger partial charge in [0.1, 0.15) is 0 Å². The van der Waals surface area contributed by atoms with Crippen LogP contribution in [0.15, 0.2) is 6.07 Å². The number of thiophene rings is 1. The standard InChI is InChI=1S/C14H20INS2/c1-17-13-7-3-5-11(13)16-10-4-2-6-12-9(10)8-14(15)18-12/h8,10-11,13,16H,2-7H2,1H3. The van der Waals surface area contributed by atoms with Crippen LogP contribution in [0.1, 0.15) is 48.6 Å². The van der Waals surface area contributed by atoms with Gasteiger partial charge in [-0.2, -0.15) is 11.8 Å². The molecule has 1 fully saturated rings. The summed E-state index contributed by atoms with van der Waals surface area (Å²) in [6.45, 7) is 0. The van der Waals surface area contributed by atoms with Crippen molar-refractivity contribution in [2.75, 3.05) is 6.26 Å².